The second-order valence-corrected chi connectivity index (χ2v) is 4.49. The molecule has 1 fully saturated rings. The molecule has 0 saturated carbocycles. The third-order valence-corrected chi connectivity index (χ3v) is 3.07. The molecule has 1 aliphatic rings. The van der Waals surface area contributed by atoms with Crippen molar-refractivity contribution in [3.63, 3.8) is 0 Å². The number of nitrogens with zero attached hydrogens (tertiary/aromatic N) is 1. The Bertz CT molecular complexity index is 457. The maximum absolute atomic E-state index is 11.0. The molecule has 2 rings (SSSR count). The molecule has 0 aliphatic carbocycles. The molecule has 1 saturated heterocycles. The van der Waals surface area contributed by atoms with E-state index in [9.17, 15) is 4.79 Å². The molecule has 1 aliphatic heterocycles. The Labute approximate surface area is 110 Å². The molecule has 0 aromatic carbocycles. The van der Waals surface area contributed by atoms with Gasteiger partial charge in [-0.3, -0.25) is 4.79 Å². The van der Waals surface area contributed by atoms with Crippen molar-refractivity contribution in [1.82, 2.24) is 4.98 Å². The normalized spacial score (nSPS) is 23.1. The first-order chi connectivity index (χ1) is 8.55. The van der Waals surface area contributed by atoms with Crippen molar-refractivity contribution >= 4 is 17.6 Å². The fourth-order valence-electron chi connectivity index (χ4n) is 1.95. The fourth-order valence-corrected chi connectivity index (χ4v) is 2.14. The maximum atomic E-state index is 11.0. The van der Waals surface area contributed by atoms with Crippen LogP contribution in [0, 0.1) is 0 Å². The van der Waals surface area contributed by atoms with E-state index < -0.39 is 11.6 Å². The van der Waals surface area contributed by atoms with Gasteiger partial charge in [-0.05, 0) is 0 Å². The van der Waals surface area contributed by atoms with Gasteiger partial charge in [-0.15, -0.1) is 0 Å². The number of esters is 1. The highest BCUT2D eigenvalue weighted by Gasteiger charge is 2.38. The molecule has 1 unspecified atom stereocenters. The van der Waals surface area contributed by atoms with Crippen LogP contribution in [0.2, 0.25) is 5.15 Å². The number of carbonyl (C=O) groups excluding carboxylic acids is 1. The number of halogens is 1. The number of methoxy groups -OCH3 is 1. The average Bonchev–Trinajstić information content (AvgIpc) is 2.76. The van der Waals surface area contributed by atoms with Crippen molar-refractivity contribution in [2.45, 2.75) is 18.9 Å². The number of pyridine rings is 1. The van der Waals surface area contributed by atoms with E-state index >= 15 is 0 Å². The Balaban J connectivity index is 2.37. The largest absolute Gasteiger partial charge is 0.427 e. The van der Waals surface area contributed by atoms with E-state index in [4.69, 9.17) is 25.8 Å². The minimum atomic E-state index is -0.611. The molecule has 98 valence electrons. The van der Waals surface area contributed by atoms with Gasteiger partial charge < -0.3 is 14.2 Å². The summed E-state index contributed by atoms with van der Waals surface area (Å²) in [4.78, 5) is 15.2. The lowest BCUT2D eigenvalue weighted by atomic mass is 9.98. The summed E-state index contributed by atoms with van der Waals surface area (Å²) in [5.74, 6) is -0.0434. The van der Waals surface area contributed by atoms with Gasteiger partial charge in [-0.25, -0.2) is 4.98 Å². The Morgan fingerprint density at radius 2 is 2.33 bits per heavy atom. The summed E-state index contributed by atoms with van der Waals surface area (Å²) in [6.45, 7) is 2.35. The predicted octanol–water partition coefficient (Wildman–Crippen LogP) is 1.92. The third-order valence-electron chi connectivity index (χ3n) is 2.87. The Hall–Kier alpha value is -1.17. The second-order valence-electron chi connectivity index (χ2n) is 4.11. The van der Waals surface area contributed by atoms with Crippen LogP contribution in [0.4, 0.5) is 0 Å². The van der Waals surface area contributed by atoms with Crippen molar-refractivity contribution in [2.24, 2.45) is 0 Å². The summed E-state index contributed by atoms with van der Waals surface area (Å²) in [7, 11) is 1.60. The molecule has 0 radical (unpaired) electrons. The molecule has 2 heterocycles. The molecule has 5 nitrogen and oxygen atoms in total. The summed E-state index contributed by atoms with van der Waals surface area (Å²) in [6.07, 6.45) is 0.691. The fraction of sp³-hybridized carbons (Fsp3) is 0.500. The molecule has 1 atom stereocenters. The quantitative estimate of drug-likeness (QED) is 0.621. The summed E-state index contributed by atoms with van der Waals surface area (Å²) >= 11 is 5.93. The monoisotopic (exact) mass is 271 g/mol. The zero-order chi connectivity index (χ0) is 13.2. The van der Waals surface area contributed by atoms with E-state index in [2.05, 4.69) is 4.98 Å². The van der Waals surface area contributed by atoms with Gasteiger partial charge in [0.15, 0.2) is 0 Å². The zero-order valence-electron chi connectivity index (χ0n) is 10.2. The van der Waals surface area contributed by atoms with Crippen molar-refractivity contribution in [1.29, 1.82) is 0 Å². The lowest BCUT2D eigenvalue weighted by Crippen LogP contribution is -2.30. The highest BCUT2D eigenvalue weighted by molar-refractivity contribution is 6.29. The third kappa shape index (κ3) is 2.63. The van der Waals surface area contributed by atoms with Crippen LogP contribution in [0.3, 0.4) is 0 Å². The average molecular weight is 272 g/mol. The van der Waals surface area contributed by atoms with Gasteiger partial charge in [0.2, 0.25) is 0 Å². The van der Waals surface area contributed by atoms with Crippen molar-refractivity contribution in [3.8, 4) is 5.75 Å². The smallest absolute Gasteiger partial charge is 0.308 e. The standard InChI is InChI=1S/C12H14ClNO4/c1-8(15)18-9-5-10(14-11(13)6-9)12(16-2)3-4-17-7-12/h5-6H,3-4,7H2,1-2H3. The minimum absolute atomic E-state index is 0.257. The number of carbonyl (C=O) groups is 1. The van der Waals surface area contributed by atoms with Crippen LogP contribution in [0.1, 0.15) is 19.0 Å². The van der Waals surface area contributed by atoms with Crippen LogP contribution >= 0.6 is 11.6 Å². The van der Waals surface area contributed by atoms with Gasteiger partial charge in [-0.2, -0.15) is 0 Å². The topological polar surface area (TPSA) is 57.7 Å². The van der Waals surface area contributed by atoms with Gasteiger partial charge in [0.1, 0.15) is 16.5 Å². The second kappa shape index (κ2) is 5.22. The number of ether oxygens (including phenoxy) is 3. The number of hydrogen-bond acceptors (Lipinski definition) is 5. The number of hydrogen-bond donors (Lipinski definition) is 0. The van der Waals surface area contributed by atoms with E-state index in [0.29, 0.717) is 31.1 Å². The van der Waals surface area contributed by atoms with Crippen molar-refractivity contribution < 1.29 is 19.0 Å². The summed E-state index contributed by atoms with van der Waals surface area (Å²) in [5, 5.41) is 0.257. The molecular weight excluding hydrogens is 258 g/mol. The van der Waals surface area contributed by atoms with Gasteiger partial charge in [0.25, 0.3) is 0 Å². The maximum Gasteiger partial charge on any atom is 0.308 e. The van der Waals surface area contributed by atoms with Crippen LogP contribution in [-0.4, -0.2) is 31.3 Å². The van der Waals surface area contributed by atoms with Crippen LogP contribution in [0.15, 0.2) is 12.1 Å². The Morgan fingerprint density at radius 3 is 2.89 bits per heavy atom. The first kappa shape index (κ1) is 13.3. The van der Waals surface area contributed by atoms with Crippen LogP contribution in [0.5, 0.6) is 5.75 Å². The first-order valence-electron chi connectivity index (χ1n) is 5.55. The molecule has 6 heteroatoms. The van der Waals surface area contributed by atoms with Gasteiger partial charge in [0, 0.05) is 39.2 Å². The molecule has 1 aromatic heterocycles. The minimum Gasteiger partial charge on any atom is -0.427 e. The zero-order valence-corrected chi connectivity index (χ0v) is 11.0. The summed E-state index contributed by atoms with van der Waals surface area (Å²) in [5.41, 5.74) is 0.00559. The predicted molar refractivity (Wildman–Crippen MR) is 64.7 cm³/mol. The summed E-state index contributed by atoms with van der Waals surface area (Å²) in [6, 6.07) is 3.15. The molecule has 0 amide bonds. The molecule has 0 bridgehead atoms. The van der Waals surface area contributed by atoms with Crippen LogP contribution in [0.25, 0.3) is 0 Å². The number of rotatable bonds is 3. The molecular formula is C12H14ClNO4. The first-order valence-corrected chi connectivity index (χ1v) is 5.93. The van der Waals surface area contributed by atoms with Crippen molar-refractivity contribution in [2.75, 3.05) is 20.3 Å². The molecule has 0 spiro atoms. The van der Waals surface area contributed by atoms with E-state index in [1.807, 2.05) is 0 Å². The lowest BCUT2D eigenvalue weighted by Gasteiger charge is -2.25. The molecule has 0 N–H and O–H groups in total. The van der Waals surface area contributed by atoms with Crippen LogP contribution in [-0.2, 0) is 19.9 Å². The van der Waals surface area contributed by atoms with Crippen LogP contribution < -0.4 is 4.74 Å². The highest BCUT2D eigenvalue weighted by atomic mass is 35.5. The molecule has 1 aromatic rings. The van der Waals surface area contributed by atoms with E-state index in [0.717, 1.165) is 0 Å². The van der Waals surface area contributed by atoms with Crippen molar-refractivity contribution in [3.05, 3.63) is 23.0 Å². The van der Waals surface area contributed by atoms with Gasteiger partial charge >= 0.3 is 5.97 Å². The van der Waals surface area contributed by atoms with E-state index in [1.165, 1.54) is 13.0 Å². The highest BCUT2D eigenvalue weighted by Crippen LogP contribution is 2.35. The van der Waals surface area contributed by atoms with E-state index in [-0.39, 0.29) is 5.15 Å². The Morgan fingerprint density at radius 1 is 1.56 bits per heavy atom. The summed E-state index contributed by atoms with van der Waals surface area (Å²) < 4.78 is 15.9. The van der Waals surface area contributed by atoms with E-state index in [1.54, 1.807) is 13.2 Å². The van der Waals surface area contributed by atoms with Gasteiger partial charge in [0.05, 0.1) is 12.3 Å². The molecule has 18 heavy (non-hydrogen) atoms. The lowest BCUT2D eigenvalue weighted by molar-refractivity contribution is -0.131. The number of aromatic nitrogens is 1. The Kier molecular flexibility index (Phi) is 3.85. The van der Waals surface area contributed by atoms with Gasteiger partial charge in [-0.1, -0.05) is 11.6 Å². The SMILES string of the molecule is COC1(c2cc(OC(C)=O)cc(Cl)n2)CCOC1.